The summed E-state index contributed by atoms with van der Waals surface area (Å²) in [5.74, 6) is 0.0894. The Morgan fingerprint density at radius 1 is 1.47 bits per heavy atom. The summed E-state index contributed by atoms with van der Waals surface area (Å²) in [5, 5.41) is 10.8. The third kappa shape index (κ3) is 3.56. The maximum atomic E-state index is 12.0. The predicted octanol–water partition coefficient (Wildman–Crippen LogP) is 1.90. The second-order valence-corrected chi connectivity index (χ2v) is 5.40. The number of aryl methyl sites for hydroxylation is 2. The normalized spacial score (nSPS) is 19.4. The Labute approximate surface area is 114 Å². The van der Waals surface area contributed by atoms with Crippen LogP contribution in [0.5, 0.6) is 0 Å². The lowest BCUT2D eigenvalue weighted by Gasteiger charge is -2.23. The maximum absolute atomic E-state index is 12.0. The van der Waals surface area contributed by atoms with Gasteiger partial charge in [0.2, 0.25) is 5.91 Å². The van der Waals surface area contributed by atoms with Gasteiger partial charge in [0.05, 0.1) is 17.1 Å². The summed E-state index contributed by atoms with van der Waals surface area (Å²) in [6, 6.07) is 0.510. The van der Waals surface area contributed by atoms with Crippen molar-refractivity contribution < 1.29 is 4.79 Å². The van der Waals surface area contributed by atoms with Crippen molar-refractivity contribution in [3.8, 4) is 0 Å². The molecule has 1 atom stereocenters. The number of hydrogen-bond donors (Lipinski definition) is 2. The van der Waals surface area contributed by atoms with Gasteiger partial charge in [-0.1, -0.05) is 6.42 Å². The molecule has 0 saturated carbocycles. The number of carbonyl (C=O) groups is 1. The Bertz CT molecular complexity index is 447. The van der Waals surface area contributed by atoms with Gasteiger partial charge < -0.3 is 10.6 Å². The molecule has 2 N–H and O–H groups in total. The molecule has 1 unspecified atom stereocenters. The third-order valence-electron chi connectivity index (χ3n) is 3.91. The minimum Gasteiger partial charge on any atom is -0.323 e. The molecule has 2 heterocycles. The van der Waals surface area contributed by atoms with Crippen molar-refractivity contribution in [1.29, 1.82) is 0 Å². The molecule has 5 nitrogen and oxygen atoms in total. The van der Waals surface area contributed by atoms with Gasteiger partial charge in [0.1, 0.15) is 0 Å². The highest BCUT2D eigenvalue weighted by atomic mass is 16.1. The standard InChI is InChI=1S/C14H24N4O/c1-10-14(11(2)18(3)17-10)16-13(19)8-7-12-6-4-5-9-15-12/h12,15H,4-9H2,1-3H3,(H,16,19). The van der Waals surface area contributed by atoms with Crippen LogP contribution in [-0.2, 0) is 11.8 Å². The number of rotatable bonds is 4. The van der Waals surface area contributed by atoms with Crippen LogP contribution in [0.15, 0.2) is 0 Å². The van der Waals surface area contributed by atoms with Crippen LogP contribution in [0, 0.1) is 13.8 Å². The fourth-order valence-corrected chi connectivity index (χ4v) is 2.63. The van der Waals surface area contributed by atoms with Crippen molar-refractivity contribution in [2.75, 3.05) is 11.9 Å². The number of carbonyl (C=O) groups excluding carboxylic acids is 1. The number of nitrogens with zero attached hydrogens (tertiary/aromatic N) is 2. The van der Waals surface area contributed by atoms with Gasteiger partial charge in [-0.3, -0.25) is 9.48 Å². The van der Waals surface area contributed by atoms with Gasteiger partial charge >= 0.3 is 0 Å². The third-order valence-corrected chi connectivity index (χ3v) is 3.91. The zero-order chi connectivity index (χ0) is 13.8. The molecule has 1 aliphatic rings. The highest BCUT2D eigenvalue weighted by molar-refractivity contribution is 5.91. The monoisotopic (exact) mass is 264 g/mol. The second kappa shape index (κ2) is 6.19. The fraction of sp³-hybridized carbons (Fsp3) is 0.714. The highest BCUT2D eigenvalue weighted by Gasteiger charge is 2.16. The van der Waals surface area contributed by atoms with Gasteiger partial charge in [0.15, 0.2) is 0 Å². The predicted molar refractivity (Wildman–Crippen MR) is 76.2 cm³/mol. The average Bonchev–Trinajstić information content (AvgIpc) is 2.64. The summed E-state index contributed by atoms with van der Waals surface area (Å²) < 4.78 is 1.80. The van der Waals surface area contributed by atoms with Crippen molar-refractivity contribution in [2.24, 2.45) is 7.05 Å². The molecule has 0 aliphatic carbocycles. The number of anilines is 1. The quantitative estimate of drug-likeness (QED) is 0.873. The van der Waals surface area contributed by atoms with E-state index in [1.807, 2.05) is 20.9 Å². The molecule has 1 fully saturated rings. The first-order valence-electron chi connectivity index (χ1n) is 7.11. The SMILES string of the molecule is Cc1nn(C)c(C)c1NC(=O)CCC1CCCCN1. The molecule has 5 heteroatoms. The Balaban J connectivity index is 1.83. The molecule has 1 aromatic heterocycles. The topological polar surface area (TPSA) is 59.0 Å². The van der Waals surface area contributed by atoms with Crippen molar-refractivity contribution in [3.63, 3.8) is 0 Å². The van der Waals surface area contributed by atoms with Crippen molar-refractivity contribution in [2.45, 2.75) is 52.0 Å². The summed E-state index contributed by atoms with van der Waals surface area (Å²) in [4.78, 5) is 12.0. The van der Waals surface area contributed by atoms with Gasteiger partial charge in [0, 0.05) is 19.5 Å². The molecule has 0 bridgehead atoms. The van der Waals surface area contributed by atoms with Crippen LogP contribution < -0.4 is 10.6 Å². The summed E-state index contributed by atoms with van der Waals surface area (Å²) in [5.41, 5.74) is 2.75. The lowest BCUT2D eigenvalue weighted by atomic mass is 10.0. The molecule has 1 aliphatic heterocycles. The van der Waals surface area contributed by atoms with E-state index < -0.39 is 0 Å². The van der Waals surface area contributed by atoms with Crippen molar-refractivity contribution in [3.05, 3.63) is 11.4 Å². The summed E-state index contributed by atoms with van der Waals surface area (Å²) in [7, 11) is 1.89. The first kappa shape index (κ1) is 14.1. The summed E-state index contributed by atoms with van der Waals surface area (Å²) in [6.07, 6.45) is 5.23. The minimum atomic E-state index is 0.0894. The summed E-state index contributed by atoms with van der Waals surface area (Å²) >= 11 is 0. The second-order valence-electron chi connectivity index (χ2n) is 5.40. The van der Waals surface area contributed by atoms with Crippen LogP contribution >= 0.6 is 0 Å². The van der Waals surface area contributed by atoms with E-state index in [0.29, 0.717) is 12.5 Å². The average molecular weight is 264 g/mol. The van der Waals surface area contributed by atoms with E-state index in [2.05, 4.69) is 15.7 Å². The zero-order valence-corrected chi connectivity index (χ0v) is 12.1. The lowest BCUT2D eigenvalue weighted by molar-refractivity contribution is -0.116. The van der Waals surface area contributed by atoms with Crippen LogP contribution in [-0.4, -0.2) is 28.3 Å². The van der Waals surface area contributed by atoms with Crippen molar-refractivity contribution >= 4 is 11.6 Å². The van der Waals surface area contributed by atoms with E-state index in [4.69, 9.17) is 0 Å². The van der Waals surface area contributed by atoms with E-state index in [-0.39, 0.29) is 5.91 Å². The number of nitrogens with one attached hydrogen (secondary N) is 2. The lowest BCUT2D eigenvalue weighted by Crippen LogP contribution is -2.34. The van der Waals surface area contributed by atoms with E-state index in [0.717, 1.165) is 30.0 Å². The van der Waals surface area contributed by atoms with Gasteiger partial charge in [-0.15, -0.1) is 0 Å². The molecule has 0 radical (unpaired) electrons. The Hall–Kier alpha value is -1.36. The first-order valence-corrected chi connectivity index (χ1v) is 7.11. The van der Waals surface area contributed by atoms with Gasteiger partial charge in [-0.25, -0.2) is 0 Å². The summed E-state index contributed by atoms with van der Waals surface area (Å²) in [6.45, 7) is 4.98. The Morgan fingerprint density at radius 3 is 2.84 bits per heavy atom. The van der Waals surface area contributed by atoms with Gasteiger partial charge in [-0.05, 0) is 39.7 Å². The maximum Gasteiger partial charge on any atom is 0.224 e. The van der Waals surface area contributed by atoms with Crippen LogP contribution in [0.4, 0.5) is 5.69 Å². The molecule has 1 amide bonds. The highest BCUT2D eigenvalue weighted by Crippen LogP contribution is 2.19. The molecular weight excluding hydrogens is 240 g/mol. The number of piperidine rings is 1. The molecule has 1 aromatic rings. The van der Waals surface area contributed by atoms with Crippen LogP contribution in [0.2, 0.25) is 0 Å². The van der Waals surface area contributed by atoms with Crippen molar-refractivity contribution in [1.82, 2.24) is 15.1 Å². The van der Waals surface area contributed by atoms with E-state index in [1.54, 1.807) is 4.68 Å². The number of hydrogen-bond acceptors (Lipinski definition) is 3. The molecule has 0 spiro atoms. The minimum absolute atomic E-state index is 0.0894. The number of amides is 1. The smallest absolute Gasteiger partial charge is 0.224 e. The van der Waals surface area contributed by atoms with Crippen LogP contribution in [0.3, 0.4) is 0 Å². The molecule has 106 valence electrons. The van der Waals surface area contributed by atoms with E-state index in [9.17, 15) is 4.79 Å². The number of aromatic nitrogens is 2. The fourth-order valence-electron chi connectivity index (χ4n) is 2.63. The zero-order valence-electron chi connectivity index (χ0n) is 12.1. The first-order chi connectivity index (χ1) is 9.08. The van der Waals surface area contributed by atoms with E-state index >= 15 is 0 Å². The van der Waals surface area contributed by atoms with Crippen LogP contribution in [0.1, 0.15) is 43.5 Å². The Morgan fingerprint density at radius 2 is 2.26 bits per heavy atom. The molecule has 0 aromatic carbocycles. The van der Waals surface area contributed by atoms with Gasteiger partial charge in [-0.2, -0.15) is 5.10 Å². The van der Waals surface area contributed by atoms with Gasteiger partial charge in [0.25, 0.3) is 0 Å². The Kier molecular flexibility index (Phi) is 4.58. The van der Waals surface area contributed by atoms with E-state index in [1.165, 1.54) is 19.3 Å². The largest absolute Gasteiger partial charge is 0.323 e. The molecule has 1 saturated heterocycles. The molecular formula is C14H24N4O. The van der Waals surface area contributed by atoms with Crippen LogP contribution in [0.25, 0.3) is 0 Å². The molecule has 19 heavy (non-hydrogen) atoms. The molecule has 2 rings (SSSR count).